The third-order valence-corrected chi connectivity index (χ3v) is 17.9. The molecule has 1 heterocycles. The summed E-state index contributed by atoms with van der Waals surface area (Å²) in [5.74, 6) is 1.07. The van der Waals surface area contributed by atoms with Gasteiger partial charge in [-0.1, -0.05) is 54.0 Å². The summed E-state index contributed by atoms with van der Waals surface area (Å²) in [7, 11) is 4.31. The van der Waals surface area contributed by atoms with Gasteiger partial charge in [-0.2, -0.15) is 0 Å². The van der Waals surface area contributed by atoms with Gasteiger partial charge >= 0.3 is 11.9 Å². The van der Waals surface area contributed by atoms with Gasteiger partial charge in [-0.15, -0.1) is 0 Å². The second-order valence-electron chi connectivity index (χ2n) is 22.1. The van der Waals surface area contributed by atoms with Gasteiger partial charge in [0, 0.05) is 43.4 Å². The molecule has 6 rings (SSSR count). The molecule has 1 aromatic rings. The lowest BCUT2D eigenvalue weighted by atomic mass is 9.32. The fraction of sp³-hybridized carbons (Fsp3) is 0.796. The molecule has 5 aliphatic carbocycles. The molecule has 5 aliphatic rings. The van der Waals surface area contributed by atoms with Gasteiger partial charge in [0.15, 0.2) is 5.78 Å². The first-order chi connectivity index (χ1) is 26.5. The number of esters is 1. The van der Waals surface area contributed by atoms with Crippen LogP contribution in [-0.4, -0.2) is 77.9 Å². The molecule has 0 aliphatic heterocycles. The number of hydrogen-bond acceptors (Lipinski definition) is 7. The standard InChI is InChI=1S/C49H77N3O5/c1-32(2)41-37(53)29-49(23-26-52(28-27-51(11)12)33(3)34-17-24-50-25-18-34)22-21-47(9)36(42(41)49)13-14-39-46(8)19-15-35(31-57-40(54)30-44(4,5)43(55)56)45(6,7)38(46)16-20-48(39,47)10/h17-18,24-25,32-33,35-36,38-39H,13-16,19-23,26-31H2,1-12H3,(H,55,56)/t33-,35+,36+,38?,39?,46-,47+,48+,49+/m0/s1. The minimum absolute atomic E-state index is 0.00648. The van der Waals surface area contributed by atoms with Crippen molar-refractivity contribution >= 4 is 17.7 Å². The zero-order chi connectivity index (χ0) is 41.9. The number of rotatable bonds is 14. The van der Waals surface area contributed by atoms with Crippen LogP contribution in [0.2, 0.25) is 0 Å². The molecular weight excluding hydrogens is 711 g/mol. The number of carboxylic acid groups (broad SMARTS) is 1. The number of aromatic nitrogens is 1. The SMILES string of the molecule is CC(C)C1=C2[C@H]3CCC4[C@@]5(C)CC[C@H](COC(=O)CC(C)(C)C(=O)O)C(C)(C)C5CC[C@@]4(C)[C@]3(C)CC[C@@]2(CCN(CCN(C)C)[C@@H](C)c2ccncc2)CC1=O. The van der Waals surface area contributed by atoms with E-state index < -0.39 is 17.4 Å². The fourth-order valence-electron chi connectivity index (χ4n) is 14.1. The first kappa shape index (κ1) is 44.0. The number of Topliss-reactive ketones (excluding diaryl/α,β-unsaturated/α-hetero) is 1. The van der Waals surface area contributed by atoms with Crippen LogP contribution >= 0.6 is 0 Å². The molecule has 4 saturated carbocycles. The van der Waals surface area contributed by atoms with Crippen LogP contribution in [0.5, 0.6) is 0 Å². The molecule has 8 heteroatoms. The van der Waals surface area contributed by atoms with Crippen molar-refractivity contribution in [2.24, 2.45) is 62.1 Å². The molecule has 0 radical (unpaired) electrons. The van der Waals surface area contributed by atoms with E-state index >= 15 is 0 Å². The lowest BCUT2D eigenvalue weighted by molar-refractivity contribution is -0.224. The van der Waals surface area contributed by atoms with Gasteiger partial charge < -0.3 is 14.7 Å². The van der Waals surface area contributed by atoms with E-state index in [9.17, 15) is 19.5 Å². The first-order valence-electron chi connectivity index (χ1n) is 22.5. The van der Waals surface area contributed by atoms with Crippen LogP contribution in [-0.2, 0) is 19.1 Å². The number of ketones is 1. The van der Waals surface area contributed by atoms with Gasteiger partial charge in [-0.25, -0.2) is 0 Å². The maximum absolute atomic E-state index is 14.3. The van der Waals surface area contributed by atoms with E-state index in [-0.39, 0.29) is 51.4 Å². The Balaban J connectivity index is 1.25. The molecule has 0 saturated heterocycles. The van der Waals surface area contributed by atoms with Crippen molar-refractivity contribution in [2.45, 2.75) is 146 Å². The van der Waals surface area contributed by atoms with Crippen molar-refractivity contribution in [1.29, 1.82) is 0 Å². The quantitative estimate of drug-likeness (QED) is 0.186. The Kier molecular flexibility index (Phi) is 12.2. The largest absolute Gasteiger partial charge is 0.481 e. The highest BCUT2D eigenvalue weighted by Gasteiger charge is 2.69. The van der Waals surface area contributed by atoms with Crippen molar-refractivity contribution < 1.29 is 24.2 Å². The molecule has 0 bridgehead atoms. The van der Waals surface area contributed by atoms with Crippen LogP contribution in [0.15, 0.2) is 35.7 Å². The van der Waals surface area contributed by atoms with E-state index in [1.54, 1.807) is 19.4 Å². The van der Waals surface area contributed by atoms with Gasteiger partial charge in [0.25, 0.3) is 0 Å². The third-order valence-electron chi connectivity index (χ3n) is 17.9. The van der Waals surface area contributed by atoms with Gasteiger partial charge in [-0.05, 0) is 174 Å². The topological polar surface area (TPSA) is 100 Å². The normalized spacial score (nSPS) is 35.5. The van der Waals surface area contributed by atoms with E-state index in [4.69, 9.17) is 4.74 Å². The number of nitrogens with zero attached hydrogens (tertiary/aromatic N) is 3. The van der Waals surface area contributed by atoms with Crippen LogP contribution in [0.25, 0.3) is 0 Å². The van der Waals surface area contributed by atoms with Crippen molar-refractivity contribution in [1.82, 2.24) is 14.8 Å². The van der Waals surface area contributed by atoms with Crippen molar-refractivity contribution in [3.63, 3.8) is 0 Å². The highest BCUT2D eigenvalue weighted by molar-refractivity contribution is 6.00. The van der Waals surface area contributed by atoms with E-state index in [1.807, 2.05) is 12.4 Å². The van der Waals surface area contributed by atoms with Crippen LogP contribution in [0.3, 0.4) is 0 Å². The number of ether oxygens (including phenoxy) is 1. The molecule has 8 nitrogen and oxygen atoms in total. The summed E-state index contributed by atoms with van der Waals surface area (Å²) < 4.78 is 5.87. The number of aliphatic carboxylic acids is 1. The minimum atomic E-state index is -1.14. The van der Waals surface area contributed by atoms with Gasteiger partial charge in [0.2, 0.25) is 0 Å². The summed E-state index contributed by atoms with van der Waals surface area (Å²) in [6.45, 7) is 26.1. The molecule has 0 spiro atoms. The van der Waals surface area contributed by atoms with Crippen LogP contribution in [0.1, 0.15) is 151 Å². The van der Waals surface area contributed by atoms with E-state index in [2.05, 4.69) is 96.4 Å². The second-order valence-corrected chi connectivity index (χ2v) is 22.1. The zero-order valence-electron chi connectivity index (χ0n) is 37.8. The Morgan fingerprint density at radius 3 is 2.21 bits per heavy atom. The Labute approximate surface area is 345 Å². The molecule has 318 valence electrons. The Morgan fingerprint density at radius 2 is 1.58 bits per heavy atom. The molecule has 2 unspecified atom stereocenters. The van der Waals surface area contributed by atoms with Crippen LogP contribution in [0.4, 0.5) is 0 Å². The number of allylic oxidation sites excluding steroid dienone is 2. The Morgan fingerprint density at radius 1 is 0.895 bits per heavy atom. The van der Waals surface area contributed by atoms with E-state index in [0.29, 0.717) is 36.6 Å². The molecule has 0 aromatic carbocycles. The molecule has 4 fully saturated rings. The molecule has 0 amide bonds. The number of carboxylic acids is 1. The Hall–Kier alpha value is -2.58. The Bertz CT molecular complexity index is 1700. The summed E-state index contributed by atoms with van der Waals surface area (Å²) in [6, 6.07) is 4.58. The number of likely N-dealkylation sites (N-methyl/N-ethyl adjacent to an activating group) is 1. The lowest BCUT2D eigenvalue weighted by Gasteiger charge is -2.72. The van der Waals surface area contributed by atoms with Gasteiger partial charge in [-0.3, -0.25) is 24.3 Å². The maximum Gasteiger partial charge on any atom is 0.309 e. The van der Waals surface area contributed by atoms with E-state index in [1.165, 1.54) is 36.8 Å². The monoisotopic (exact) mass is 788 g/mol. The van der Waals surface area contributed by atoms with Gasteiger partial charge in [0.1, 0.15) is 0 Å². The lowest BCUT2D eigenvalue weighted by Crippen LogP contribution is -2.65. The summed E-state index contributed by atoms with van der Waals surface area (Å²) in [6.07, 6.45) is 14.6. The van der Waals surface area contributed by atoms with Crippen molar-refractivity contribution in [3.8, 4) is 0 Å². The average Bonchev–Trinajstić information content (AvgIpc) is 3.43. The summed E-state index contributed by atoms with van der Waals surface area (Å²) in [5.41, 5.74) is 3.32. The van der Waals surface area contributed by atoms with Crippen LogP contribution < -0.4 is 0 Å². The fourth-order valence-corrected chi connectivity index (χ4v) is 14.1. The number of hydrogen-bond donors (Lipinski definition) is 1. The summed E-state index contributed by atoms with van der Waals surface area (Å²) >= 11 is 0. The number of carbonyl (C=O) groups is 3. The smallest absolute Gasteiger partial charge is 0.309 e. The van der Waals surface area contributed by atoms with Gasteiger partial charge in [0.05, 0.1) is 18.4 Å². The second kappa shape index (κ2) is 15.8. The molecular formula is C49H77N3O5. The van der Waals surface area contributed by atoms with E-state index in [0.717, 1.165) is 51.7 Å². The van der Waals surface area contributed by atoms with Crippen LogP contribution in [0, 0.1) is 62.1 Å². The number of carbonyl (C=O) groups excluding carboxylic acids is 2. The number of pyridine rings is 1. The molecule has 1 aromatic heterocycles. The molecule has 57 heavy (non-hydrogen) atoms. The highest BCUT2D eigenvalue weighted by atomic mass is 16.5. The number of fused-ring (bicyclic) bond motifs is 7. The maximum atomic E-state index is 14.3. The summed E-state index contributed by atoms with van der Waals surface area (Å²) in [5, 5.41) is 9.56. The molecule has 9 atom stereocenters. The predicted octanol–water partition coefficient (Wildman–Crippen LogP) is 10.0. The minimum Gasteiger partial charge on any atom is -0.481 e. The molecule has 1 N–H and O–H groups in total. The third kappa shape index (κ3) is 7.59. The van der Waals surface area contributed by atoms with Crippen molar-refractivity contribution in [2.75, 3.05) is 40.3 Å². The predicted molar refractivity (Wildman–Crippen MR) is 227 cm³/mol. The highest BCUT2D eigenvalue weighted by Crippen LogP contribution is 2.77. The van der Waals surface area contributed by atoms with Crippen molar-refractivity contribution in [3.05, 3.63) is 41.2 Å². The first-order valence-corrected chi connectivity index (χ1v) is 22.5. The zero-order valence-corrected chi connectivity index (χ0v) is 37.8. The average molecular weight is 788 g/mol. The summed E-state index contributed by atoms with van der Waals surface area (Å²) in [4.78, 5) is 48.1.